The molecule has 3 aromatic rings. The Bertz CT molecular complexity index is 986. The summed E-state index contributed by atoms with van der Waals surface area (Å²) >= 11 is 0. The first-order valence-electron chi connectivity index (χ1n) is 9.57. The van der Waals surface area contributed by atoms with Crippen molar-refractivity contribution < 1.29 is 5.11 Å². The number of anilines is 1. The van der Waals surface area contributed by atoms with Gasteiger partial charge in [-0.25, -0.2) is 4.98 Å². The highest BCUT2D eigenvalue weighted by Crippen LogP contribution is 2.33. The van der Waals surface area contributed by atoms with Gasteiger partial charge >= 0.3 is 0 Å². The maximum absolute atomic E-state index is 10.5. The van der Waals surface area contributed by atoms with Gasteiger partial charge in [-0.2, -0.15) is 5.10 Å². The second kappa shape index (κ2) is 6.56. The van der Waals surface area contributed by atoms with Crippen molar-refractivity contribution in [2.75, 3.05) is 25.0 Å². The van der Waals surface area contributed by atoms with E-state index in [9.17, 15) is 5.11 Å². The molecule has 2 saturated heterocycles. The van der Waals surface area contributed by atoms with Crippen molar-refractivity contribution in [3.63, 3.8) is 0 Å². The SMILES string of the molecule is CN1C2CCC1CN(c1ncc(-c3ccc(-c4cnn(C)c4)cc3O)nn1)C2. The van der Waals surface area contributed by atoms with Crippen LogP contribution in [0.3, 0.4) is 0 Å². The molecule has 8 nitrogen and oxygen atoms in total. The van der Waals surface area contributed by atoms with E-state index < -0.39 is 0 Å². The van der Waals surface area contributed by atoms with Gasteiger partial charge in [0.1, 0.15) is 11.4 Å². The number of fused-ring (bicyclic) bond motifs is 2. The van der Waals surface area contributed by atoms with Crippen LogP contribution in [0, 0.1) is 0 Å². The van der Waals surface area contributed by atoms with Crippen molar-refractivity contribution >= 4 is 5.95 Å². The number of piperazine rings is 1. The standard InChI is InChI=1S/C20H23N7O/c1-25-10-14(8-22-25)13-3-6-17(19(28)7-13)18-9-21-20(24-23-18)27-11-15-4-5-16(12-27)26(15)2/h3,6-10,15-16,28H,4-5,11-12H2,1-2H3. The Hall–Kier alpha value is -3.00. The van der Waals surface area contributed by atoms with Gasteiger partial charge in [-0.1, -0.05) is 6.07 Å². The quantitative estimate of drug-likeness (QED) is 0.747. The molecule has 2 unspecified atom stereocenters. The summed E-state index contributed by atoms with van der Waals surface area (Å²) in [5.41, 5.74) is 3.04. The summed E-state index contributed by atoms with van der Waals surface area (Å²) in [7, 11) is 4.08. The predicted molar refractivity (Wildman–Crippen MR) is 106 cm³/mol. The van der Waals surface area contributed by atoms with Crippen molar-refractivity contribution in [3.8, 4) is 28.1 Å². The predicted octanol–water partition coefficient (Wildman–Crippen LogP) is 1.93. The molecule has 2 aromatic heterocycles. The molecule has 2 aliphatic heterocycles. The summed E-state index contributed by atoms with van der Waals surface area (Å²) in [5.74, 6) is 0.822. The Balaban J connectivity index is 1.37. The number of nitrogens with zero attached hydrogens (tertiary/aromatic N) is 7. The lowest BCUT2D eigenvalue weighted by molar-refractivity contribution is 0.211. The van der Waals surface area contributed by atoms with E-state index in [0.717, 1.165) is 24.2 Å². The molecule has 4 heterocycles. The van der Waals surface area contributed by atoms with Crippen LogP contribution < -0.4 is 4.90 Å². The first-order valence-corrected chi connectivity index (χ1v) is 9.57. The third-order valence-corrected chi connectivity index (χ3v) is 5.99. The molecular weight excluding hydrogens is 354 g/mol. The van der Waals surface area contributed by atoms with Crippen molar-refractivity contribution in [1.82, 2.24) is 29.9 Å². The van der Waals surface area contributed by atoms with E-state index >= 15 is 0 Å². The highest BCUT2D eigenvalue weighted by Gasteiger charge is 2.38. The van der Waals surface area contributed by atoms with E-state index in [4.69, 9.17) is 0 Å². The molecule has 5 rings (SSSR count). The lowest BCUT2D eigenvalue weighted by Gasteiger charge is -2.38. The number of phenols is 1. The smallest absolute Gasteiger partial charge is 0.245 e. The number of hydrogen-bond donors (Lipinski definition) is 1. The Morgan fingerprint density at radius 3 is 2.39 bits per heavy atom. The van der Waals surface area contributed by atoms with Crippen molar-refractivity contribution in [3.05, 3.63) is 36.8 Å². The molecule has 2 bridgehead atoms. The van der Waals surface area contributed by atoms with Crippen molar-refractivity contribution in [2.45, 2.75) is 24.9 Å². The summed E-state index contributed by atoms with van der Waals surface area (Å²) in [6.45, 7) is 1.89. The van der Waals surface area contributed by atoms with Crippen LogP contribution in [0.2, 0.25) is 0 Å². The summed E-state index contributed by atoms with van der Waals surface area (Å²) in [4.78, 5) is 9.23. The molecule has 2 fully saturated rings. The maximum atomic E-state index is 10.5. The normalized spacial score (nSPS) is 22.0. The lowest BCUT2D eigenvalue weighted by atomic mass is 10.0. The van der Waals surface area contributed by atoms with Crippen LogP contribution in [-0.2, 0) is 7.05 Å². The van der Waals surface area contributed by atoms with Crippen LogP contribution in [0.15, 0.2) is 36.8 Å². The number of aromatic nitrogens is 5. The Labute approximate surface area is 163 Å². The minimum absolute atomic E-state index is 0.155. The van der Waals surface area contributed by atoms with Crippen LogP contribution >= 0.6 is 0 Å². The average molecular weight is 377 g/mol. The van der Waals surface area contributed by atoms with Gasteiger partial charge in [-0.15, -0.1) is 10.2 Å². The van der Waals surface area contributed by atoms with Crippen LogP contribution in [0.1, 0.15) is 12.8 Å². The monoisotopic (exact) mass is 377 g/mol. The summed E-state index contributed by atoms with van der Waals surface area (Å²) < 4.78 is 1.74. The lowest BCUT2D eigenvalue weighted by Crippen LogP contribution is -2.52. The summed E-state index contributed by atoms with van der Waals surface area (Å²) in [6, 6.07) is 6.66. The second-order valence-corrected chi connectivity index (χ2v) is 7.73. The molecule has 1 aromatic carbocycles. The third-order valence-electron chi connectivity index (χ3n) is 5.99. The molecule has 2 aliphatic rings. The number of hydrogen-bond acceptors (Lipinski definition) is 7. The van der Waals surface area contributed by atoms with Gasteiger partial charge in [0.15, 0.2) is 0 Å². The molecule has 0 amide bonds. The minimum atomic E-state index is 0.155. The van der Waals surface area contributed by atoms with Gasteiger partial charge in [0.2, 0.25) is 5.95 Å². The summed E-state index contributed by atoms with van der Waals surface area (Å²) in [5, 5.41) is 23.4. The topological polar surface area (TPSA) is 83.2 Å². The van der Waals surface area contributed by atoms with E-state index in [0.29, 0.717) is 29.3 Å². The Morgan fingerprint density at radius 1 is 1.00 bits per heavy atom. The zero-order chi connectivity index (χ0) is 19.3. The molecule has 0 spiro atoms. The summed E-state index contributed by atoms with van der Waals surface area (Å²) in [6.07, 6.45) is 7.85. The van der Waals surface area contributed by atoms with E-state index in [1.165, 1.54) is 12.8 Å². The zero-order valence-electron chi connectivity index (χ0n) is 16.0. The highest BCUT2D eigenvalue weighted by molar-refractivity contribution is 5.73. The Morgan fingerprint density at radius 2 is 1.79 bits per heavy atom. The third kappa shape index (κ3) is 2.90. The number of aromatic hydroxyl groups is 1. The fraction of sp³-hybridized carbons (Fsp3) is 0.400. The maximum Gasteiger partial charge on any atom is 0.245 e. The van der Waals surface area contributed by atoms with Crippen LogP contribution in [-0.4, -0.2) is 67.2 Å². The number of aryl methyl sites for hydroxylation is 1. The van der Waals surface area contributed by atoms with Crippen LogP contribution in [0.25, 0.3) is 22.4 Å². The average Bonchev–Trinajstić information content (AvgIpc) is 3.20. The minimum Gasteiger partial charge on any atom is -0.507 e. The van der Waals surface area contributed by atoms with Gasteiger partial charge in [0, 0.05) is 49.5 Å². The molecular formula is C20H23N7O. The number of rotatable bonds is 3. The van der Waals surface area contributed by atoms with Gasteiger partial charge in [0.25, 0.3) is 0 Å². The number of phenolic OH excluding ortho intramolecular Hbond substituents is 1. The number of benzene rings is 1. The van der Waals surface area contributed by atoms with Gasteiger partial charge in [-0.3, -0.25) is 9.58 Å². The molecule has 0 radical (unpaired) electrons. The van der Waals surface area contributed by atoms with E-state index in [2.05, 4.69) is 37.1 Å². The van der Waals surface area contributed by atoms with E-state index in [1.54, 1.807) is 23.1 Å². The molecule has 0 saturated carbocycles. The van der Waals surface area contributed by atoms with Gasteiger partial charge in [-0.05, 0) is 37.6 Å². The van der Waals surface area contributed by atoms with Gasteiger partial charge in [0.05, 0.1) is 12.4 Å². The van der Waals surface area contributed by atoms with Crippen LogP contribution in [0.5, 0.6) is 5.75 Å². The zero-order valence-corrected chi connectivity index (χ0v) is 16.0. The molecule has 144 valence electrons. The first-order chi connectivity index (χ1) is 13.6. The van der Waals surface area contributed by atoms with E-state index in [-0.39, 0.29) is 5.75 Å². The second-order valence-electron chi connectivity index (χ2n) is 7.73. The van der Waals surface area contributed by atoms with Crippen molar-refractivity contribution in [1.29, 1.82) is 0 Å². The number of likely N-dealkylation sites (N-methyl/N-ethyl adjacent to an activating group) is 1. The highest BCUT2D eigenvalue weighted by atomic mass is 16.3. The van der Waals surface area contributed by atoms with Crippen LogP contribution in [0.4, 0.5) is 5.95 Å². The van der Waals surface area contributed by atoms with Crippen molar-refractivity contribution in [2.24, 2.45) is 7.05 Å². The fourth-order valence-corrected chi connectivity index (χ4v) is 4.31. The first kappa shape index (κ1) is 17.1. The molecule has 28 heavy (non-hydrogen) atoms. The Kier molecular flexibility index (Phi) is 4.01. The molecule has 8 heteroatoms. The fourth-order valence-electron chi connectivity index (χ4n) is 4.31. The molecule has 0 aliphatic carbocycles. The molecule has 1 N–H and O–H groups in total. The molecule has 2 atom stereocenters. The largest absolute Gasteiger partial charge is 0.507 e. The van der Waals surface area contributed by atoms with E-state index in [1.807, 2.05) is 25.4 Å². The van der Waals surface area contributed by atoms with Gasteiger partial charge < -0.3 is 10.0 Å².